The summed E-state index contributed by atoms with van der Waals surface area (Å²) in [5, 5.41) is 4.07. The highest BCUT2D eigenvalue weighted by Gasteiger charge is 2.41. The van der Waals surface area contributed by atoms with Crippen LogP contribution in [0.3, 0.4) is 0 Å². The van der Waals surface area contributed by atoms with Crippen molar-refractivity contribution in [3.05, 3.63) is 65.9 Å². The van der Waals surface area contributed by atoms with Gasteiger partial charge in [0.2, 0.25) is 0 Å². The predicted molar refractivity (Wildman–Crippen MR) is 151 cm³/mol. The number of amides is 2. The van der Waals surface area contributed by atoms with Gasteiger partial charge in [-0.2, -0.15) is 0 Å². The van der Waals surface area contributed by atoms with Crippen molar-refractivity contribution in [3.8, 4) is 0 Å². The molecule has 5 rings (SSSR count). The molecular formula is C26H29ClN6O2S2. The Balaban J connectivity index is 1.13. The lowest BCUT2D eigenvalue weighted by Crippen LogP contribution is -2.41. The average molecular weight is 557 g/mol. The minimum absolute atomic E-state index is 0.337. The first-order chi connectivity index (χ1) is 18.0. The highest BCUT2D eigenvalue weighted by molar-refractivity contribution is 7.99. The average Bonchev–Trinajstić information content (AvgIpc) is 3.27. The number of para-hydroxylation sites is 1. The van der Waals surface area contributed by atoms with E-state index in [4.69, 9.17) is 16.3 Å². The standard InChI is InChI=1S/C26H29ClN6O2S2/c1-18-14-26(17-35-18)10-12-33(13-11-26)22-15-29-23(16-28-22)36-21-9-5-8-20(24(21)27)31-37-32-25(34)30-19-6-3-2-4-7-19/h2-9,15-16,18,31H,10-14,17H2,1H3,(H2,30,32,34)/t18-/m0/s1. The summed E-state index contributed by atoms with van der Waals surface area (Å²) in [6.45, 7) is 5.01. The fourth-order valence-electron chi connectivity index (χ4n) is 4.72. The van der Waals surface area contributed by atoms with E-state index in [0.717, 1.165) is 66.8 Å². The van der Waals surface area contributed by atoms with Gasteiger partial charge in [0, 0.05) is 23.7 Å². The Bertz CT molecular complexity index is 1210. The SMILES string of the molecule is C[C@H]1CC2(CCN(c3cnc(Sc4cccc(NSNC(=O)Nc5ccccc5)c4Cl)cn3)CC2)CO1. The summed E-state index contributed by atoms with van der Waals surface area (Å²) in [6, 6.07) is 14.6. The molecular weight excluding hydrogens is 528 g/mol. The van der Waals surface area contributed by atoms with Crippen molar-refractivity contribution in [2.24, 2.45) is 5.41 Å². The van der Waals surface area contributed by atoms with Gasteiger partial charge < -0.3 is 19.7 Å². The molecule has 11 heteroatoms. The number of rotatable bonds is 7. The summed E-state index contributed by atoms with van der Waals surface area (Å²) >= 11 is 9.13. The Hall–Kier alpha value is -2.66. The first-order valence-electron chi connectivity index (χ1n) is 12.2. The number of aromatic nitrogens is 2. The fourth-order valence-corrected chi connectivity index (χ4v) is 6.32. The Kier molecular flexibility index (Phi) is 8.29. The van der Waals surface area contributed by atoms with Gasteiger partial charge >= 0.3 is 6.03 Å². The zero-order chi connectivity index (χ0) is 25.7. The Labute approximate surface area is 230 Å². The third kappa shape index (κ3) is 6.62. The van der Waals surface area contributed by atoms with E-state index in [2.05, 4.69) is 36.6 Å². The van der Waals surface area contributed by atoms with Crippen LogP contribution in [0.4, 0.5) is 22.0 Å². The van der Waals surface area contributed by atoms with Crippen LogP contribution in [0.2, 0.25) is 5.02 Å². The lowest BCUT2D eigenvalue weighted by molar-refractivity contribution is 0.0976. The Morgan fingerprint density at radius 2 is 1.92 bits per heavy atom. The maximum Gasteiger partial charge on any atom is 0.330 e. The molecule has 37 heavy (non-hydrogen) atoms. The second-order valence-corrected chi connectivity index (χ2v) is 11.4. The van der Waals surface area contributed by atoms with Gasteiger partial charge in [0.1, 0.15) is 10.8 Å². The van der Waals surface area contributed by atoms with Crippen LogP contribution in [0.25, 0.3) is 0 Å². The first kappa shape index (κ1) is 26.0. The van der Waals surface area contributed by atoms with E-state index in [0.29, 0.717) is 27.9 Å². The van der Waals surface area contributed by atoms with Crippen molar-refractivity contribution in [1.29, 1.82) is 0 Å². The summed E-state index contributed by atoms with van der Waals surface area (Å²) < 4.78 is 11.6. The molecule has 194 valence electrons. The molecule has 8 nitrogen and oxygen atoms in total. The van der Waals surface area contributed by atoms with Gasteiger partial charge in [0.15, 0.2) is 0 Å². The zero-order valence-corrected chi connectivity index (χ0v) is 22.8. The largest absolute Gasteiger partial charge is 0.378 e. The van der Waals surface area contributed by atoms with Gasteiger partial charge in [-0.25, -0.2) is 14.8 Å². The number of nitrogens with one attached hydrogen (secondary N) is 3. The van der Waals surface area contributed by atoms with Crippen LogP contribution in [0.15, 0.2) is 70.8 Å². The topological polar surface area (TPSA) is 91.4 Å². The Morgan fingerprint density at radius 1 is 1.11 bits per heavy atom. The number of urea groups is 1. The van der Waals surface area contributed by atoms with Gasteiger partial charge in [-0.15, -0.1) is 0 Å². The van der Waals surface area contributed by atoms with E-state index < -0.39 is 0 Å². The molecule has 3 aromatic rings. The normalized spacial score (nSPS) is 18.5. The molecule has 1 aromatic heterocycles. The highest BCUT2D eigenvalue weighted by atomic mass is 35.5. The van der Waals surface area contributed by atoms with Crippen molar-refractivity contribution < 1.29 is 9.53 Å². The molecule has 1 atom stereocenters. The molecule has 0 unspecified atom stereocenters. The van der Waals surface area contributed by atoms with E-state index in [1.165, 1.54) is 11.8 Å². The first-order valence-corrected chi connectivity index (χ1v) is 14.2. The van der Waals surface area contributed by atoms with Crippen molar-refractivity contribution in [2.45, 2.75) is 42.2 Å². The van der Waals surface area contributed by atoms with Gasteiger partial charge in [-0.05, 0) is 55.9 Å². The summed E-state index contributed by atoms with van der Waals surface area (Å²) in [5.74, 6) is 0.906. The number of anilines is 3. The van der Waals surface area contributed by atoms with E-state index in [9.17, 15) is 4.79 Å². The minimum atomic E-state index is -0.337. The van der Waals surface area contributed by atoms with Crippen molar-refractivity contribution >= 4 is 58.7 Å². The van der Waals surface area contributed by atoms with Crippen molar-refractivity contribution in [1.82, 2.24) is 14.7 Å². The molecule has 3 N–H and O–H groups in total. The number of hydrogen-bond donors (Lipinski definition) is 3. The van der Waals surface area contributed by atoms with Gasteiger partial charge in [-0.1, -0.05) is 47.6 Å². The molecule has 3 heterocycles. The molecule has 2 aliphatic rings. The molecule has 2 amide bonds. The van der Waals surface area contributed by atoms with Gasteiger partial charge in [-0.3, -0.25) is 4.72 Å². The zero-order valence-electron chi connectivity index (χ0n) is 20.4. The number of piperidine rings is 1. The number of carbonyl (C=O) groups is 1. The van der Waals surface area contributed by atoms with Crippen LogP contribution in [0.1, 0.15) is 26.2 Å². The lowest BCUT2D eigenvalue weighted by Gasteiger charge is -2.38. The maximum absolute atomic E-state index is 12.1. The molecule has 0 aliphatic carbocycles. The molecule has 2 saturated heterocycles. The van der Waals surface area contributed by atoms with Crippen LogP contribution in [-0.2, 0) is 4.74 Å². The van der Waals surface area contributed by atoms with Crippen LogP contribution < -0.4 is 19.7 Å². The van der Waals surface area contributed by atoms with Crippen LogP contribution >= 0.6 is 35.5 Å². The summed E-state index contributed by atoms with van der Waals surface area (Å²) in [4.78, 5) is 24.5. The monoisotopic (exact) mass is 556 g/mol. The molecule has 2 aromatic carbocycles. The smallest absolute Gasteiger partial charge is 0.330 e. The molecule has 1 spiro atoms. The third-order valence-electron chi connectivity index (χ3n) is 6.67. The summed E-state index contributed by atoms with van der Waals surface area (Å²) in [6.07, 6.45) is 7.43. The summed E-state index contributed by atoms with van der Waals surface area (Å²) in [7, 11) is 0. The van der Waals surface area contributed by atoms with Crippen molar-refractivity contribution in [3.63, 3.8) is 0 Å². The number of benzene rings is 2. The number of nitrogens with zero attached hydrogens (tertiary/aromatic N) is 3. The maximum atomic E-state index is 12.1. The van der Waals surface area contributed by atoms with E-state index in [1.807, 2.05) is 54.7 Å². The third-order valence-corrected chi connectivity index (χ3v) is 8.78. The highest BCUT2D eigenvalue weighted by Crippen LogP contribution is 2.42. The molecule has 2 fully saturated rings. The van der Waals surface area contributed by atoms with Crippen LogP contribution in [-0.4, -0.2) is 41.8 Å². The molecule has 0 saturated carbocycles. The van der Waals surface area contributed by atoms with Gasteiger partial charge in [0.05, 0.1) is 47.9 Å². The second-order valence-electron chi connectivity index (χ2n) is 9.37. The lowest BCUT2D eigenvalue weighted by atomic mass is 9.77. The van der Waals surface area contributed by atoms with E-state index in [-0.39, 0.29) is 6.03 Å². The summed E-state index contributed by atoms with van der Waals surface area (Å²) in [5.41, 5.74) is 1.74. The molecule has 2 aliphatic heterocycles. The van der Waals surface area contributed by atoms with Crippen molar-refractivity contribution in [2.75, 3.05) is 34.6 Å². The predicted octanol–water partition coefficient (Wildman–Crippen LogP) is 6.47. The van der Waals surface area contributed by atoms with E-state index >= 15 is 0 Å². The fraction of sp³-hybridized carbons (Fsp3) is 0.346. The molecule has 0 bridgehead atoms. The quantitative estimate of drug-likeness (QED) is 0.285. The number of halogens is 1. The second kappa shape index (κ2) is 11.8. The number of hydrogen-bond acceptors (Lipinski definition) is 8. The van der Waals surface area contributed by atoms with Crippen LogP contribution in [0.5, 0.6) is 0 Å². The number of carbonyl (C=O) groups excluding carboxylic acids is 1. The molecule has 0 radical (unpaired) electrons. The minimum Gasteiger partial charge on any atom is -0.378 e. The number of ether oxygens (including phenoxy) is 1. The van der Waals surface area contributed by atoms with Gasteiger partial charge in [0.25, 0.3) is 0 Å². The van der Waals surface area contributed by atoms with E-state index in [1.54, 1.807) is 6.20 Å². The Morgan fingerprint density at radius 3 is 2.62 bits per heavy atom. The van der Waals surface area contributed by atoms with Crippen LogP contribution in [0, 0.1) is 5.41 Å².